The monoisotopic (exact) mass is 513 g/mol. The van der Waals surface area contributed by atoms with Crippen LogP contribution in [0.4, 0.5) is 4.79 Å². The van der Waals surface area contributed by atoms with Crippen LogP contribution in [0.5, 0.6) is 11.6 Å². The molecule has 1 aliphatic heterocycles. The number of methoxy groups -OCH3 is 1. The van der Waals surface area contributed by atoms with Crippen LogP contribution in [0.15, 0.2) is 55.0 Å². The predicted molar refractivity (Wildman–Crippen MR) is 140 cm³/mol. The van der Waals surface area contributed by atoms with Crippen molar-refractivity contribution in [2.24, 2.45) is 0 Å². The Kier molecular flexibility index (Phi) is 5.80. The zero-order valence-corrected chi connectivity index (χ0v) is 21.0. The van der Waals surface area contributed by atoms with Crippen molar-refractivity contribution < 1.29 is 19.4 Å². The Balaban J connectivity index is 1.31. The van der Waals surface area contributed by atoms with E-state index in [2.05, 4.69) is 21.0 Å². The number of hydrogen-bond donors (Lipinski definition) is 1. The van der Waals surface area contributed by atoms with Gasteiger partial charge in [0.05, 0.1) is 41.1 Å². The van der Waals surface area contributed by atoms with Gasteiger partial charge in [0, 0.05) is 36.5 Å². The molecule has 0 unspecified atom stereocenters. The maximum Gasteiger partial charge on any atom is 0.407 e. The van der Waals surface area contributed by atoms with Crippen LogP contribution in [0, 0.1) is 6.92 Å². The van der Waals surface area contributed by atoms with Gasteiger partial charge in [0.25, 0.3) is 0 Å². The first-order valence-corrected chi connectivity index (χ1v) is 12.6. The van der Waals surface area contributed by atoms with Crippen molar-refractivity contribution in [3.63, 3.8) is 0 Å². The number of aryl methyl sites for hydroxylation is 1. The minimum atomic E-state index is -0.981. The number of carbonyl (C=O) groups is 1. The molecular formula is C27H23N5O4S. The average Bonchev–Trinajstić information content (AvgIpc) is 3.51. The van der Waals surface area contributed by atoms with Crippen LogP contribution in [0.25, 0.3) is 31.8 Å². The lowest BCUT2D eigenvalue weighted by Gasteiger charge is -2.22. The quantitative estimate of drug-likeness (QED) is 0.334. The summed E-state index contributed by atoms with van der Waals surface area (Å²) in [6.07, 6.45) is 4.29. The summed E-state index contributed by atoms with van der Waals surface area (Å²) in [5.74, 6) is 1.24. The van der Waals surface area contributed by atoms with Crippen molar-refractivity contribution in [1.82, 2.24) is 24.8 Å². The first-order chi connectivity index (χ1) is 18.0. The Morgan fingerprint density at radius 3 is 2.81 bits per heavy atom. The fraction of sp³-hybridized carbons (Fsp3) is 0.222. The minimum absolute atomic E-state index is 0.263. The highest BCUT2D eigenvalue weighted by atomic mass is 32.1. The van der Waals surface area contributed by atoms with Gasteiger partial charge in [0.2, 0.25) is 5.88 Å². The predicted octanol–water partition coefficient (Wildman–Crippen LogP) is 5.10. The van der Waals surface area contributed by atoms with Crippen LogP contribution in [0.1, 0.15) is 16.7 Å². The summed E-state index contributed by atoms with van der Waals surface area (Å²) in [4.78, 5) is 31.4. The molecule has 0 saturated heterocycles. The molecule has 1 N–H and O–H groups in total. The molecule has 1 amide bonds. The third kappa shape index (κ3) is 4.40. The molecule has 10 heteroatoms. The largest absolute Gasteiger partial charge is 0.488 e. The Labute approximate surface area is 216 Å². The van der Waals surface area contributed by atoms with Gasteiger partial charge < -0.3 is 19.5 Å². The normalized spacial score (nSPS) is 14.5. The Bertz CT molecular complexity index is 1640. The molecule has 1 aliphatic rings. The maximum atomic E-state index is 11.9. The Morgan fingerprint density at radius 1 is 1.19 bits per heavy atom. The van der Waals surface area contributed by atoms with E-state index in [0.717, 1.165) is 54.3 Å². The molecule has 0 aliphatic carbocycles. The molecule has 9 nitrogen and oxygen atoms in total. The third-order valence-corrected chi connectivity index (χ3v) is 7.53. The van der Waals surface area contributed by atoms with Gasteiger partial charge in [-0.05, 0) is 54.4 Å². The van der Waals surface area contributed by atoms with Crippen molar-refractivity contribution in [3.8, 4) is 22.2 Å². The number of carboxylic acid groups (broad SMARTS) is 1. The van der Waals surface area contributed by atoms with Crippen molar-refractivity contribution in [2.75, 3.05) is 13.7 Å². The van der Waals surface area contributed by atoms with Crippen LogP contribution >= 0.6 is 11.3 Å². The number of thiazole rings is 1. The van der Waals surface area contributed by atoms with E-state index in [1.54, 1.807) is 37.0 Å². The molecule has 6 rings (SSSR count). The van der Waals surface area contributed by atoms with Gasteiger partial charge >= 0.3 is 6.09 Å². The van der Waals surface area contributed by atoms with Crippen molar-refractivity contribution in [3.05, 3.63) is 71.7 Å². The van der Waals surface area contributed by atoms with Gasteiger partial charge in [-0.15, -0.1) is 11.3 Å². The van der Waals surface area contributed by atoms with Gasteiger partial charge in [-0.25, -0.2) is 19.7 Å². The highest BCUT2D eigenvalue weighted by Crippen LogP contribution is 2.41. The zero-order valence-electron chi connectivity index (χ0n) is 20.2. The average molecular weight is 514 g/mol. The summed E-state index contributed by atoms with van der Waals surface area (Å²) in [6.45, 7) is 2.56. The van der Waals surface area contributed by atoms with Gasteiger partial charge in [-0.3, -0.25) is 4.98 Å². The molecule has 5 aromatic rings. The number of benzene rings is 2. The minimum Gasteiger partial charge on any atom is -0.488 e. The smallest absolute Gasteiger partial charge is 0.407 e. The molecule has 186 valence electrons. The number of ether oxygens (including phenoxy) is 2. The fourth-order valence-corrected chi connectivity index (χ4v) is 5.80. The number of hydrogen-bond acceptors (Lipinski definition) is 8. The van der Waals surface area contributed by atoms with Gasteiger partial charge in [-0.1, -0.05) is 0 Å². The van der Waals surface area contributed by atoms with E-state index in [4.69, 9.17) is 14.5 Å². The number of fused-ring (bicyclic) bond motifs is 4. The molecule has 0 bridgehead atoms. The number of amides is 1. The summed E-state index contributed by atoms with van der Waals surface area (Å²) in [7, 11) is 1.57. The molecule has 2 aromatic carbocycles. The van der Waals surface area contributed by atoms with Crippen molar-refractivity contribution in [2.45, 2.75) is 26.0 Å². The van der Waals surface area contributed by atoms with Crippen molar-refractivity contribution in [1.29, 1.82) is 0 Å². The lowest BCUT2D eigenvalue weighted by Crippen LogP contribution is -2.37. The van der Waals surface area contributed by atoms with E-state index in [9.17, 15) is 9.90 Å². The van der Waals surface area contributed by atoms with Crippen LogP contribution in [-0.4, -0.2) is 55.8 Å². The molecule has 0 fully saturated rings. The molecule has 0 radical (unpaired) electrons. The first-order valence-electron chi connectivity index (χ1n) is 11.8. The van der Waals surface area contributed by atoms with E-state index in [0.29, 0.717) is 12.3 Å². The third-order valence-electron chi connectivity index (χ3n) is 6.37. The highest BCUT2D eigenvalue weighted by molar-refractivity contribution is 7.22. The summed E-state index contributed by atoms with van der Waals surface area (Å²) in [5, 5.41) is 10.6. The van der Waals surface area contributed by atoms with E-state index in [-0.39, 0.29) is 19.2 Å². The fourth-order valence-electron chi connectivity index (χ4n) is 4.67. The first kappa shape index (κ1) is 23.1. The van der Waals surface area contributed by atoms with Crippen molar-refractivity contribution >= 4 is 38.7 Å². The van der Waals surface area contributed by atoms with Crippen LogP contribution in [0.2, 0.25) is 0 Å². The molecule has 0 saturated carbocycles. The number of aromatic nitrogens is 4. The van der Waals surface area contributed by atoms with Crippen LogP contribution < -0.4 is 9.47 Å². The number of nitrogens with zero attached hydrogens (tertiary/aromatic N) is 5. The van der Waals surface area contributed by atoms with E-state index >= 15 is 0 Å². The second-order valence-corrected chi connectivity index (χ2v) is 9.96. The number of rotatable bonds is 6. The number of pyridine rings is 1. The Hall–Kier alpha value is -4.31. The lowest BCUT2D eigenvalue weighted by atomic mass is 10.1. The van der Waals surface area contributed by atoms with Gasteiger partial charge in [0.1, 0.15) is 16.9 Å². The topological polar surface area (TPSA) is 111 Å². The summed E-state index contributed by atoms with van der Waals surface area (Å²) in [5.41, 5.74) is 6.32. The summed E-state index contributed by atoms with van der Waals surface area (Å²) < 4.78 is 12.5. The molecule has 1 atom stereocenters. The van der Waals surface area contributed by atoms with Gasteiger partial charge in [0.15, 0.2) is 0 Å². The maximum absolute atomic E-state index is 11.9. The summed E-state index contributed by atoms with van der Waals surface area (Å²) >= 11 is 1.59. The standard InChI is InChI=1S/C27H23N5O4S/c1-15-9-19(24-21(10-15)30-23(35-2)12-29-24)26-31-20-3-4-22-18(25(20)37-26)11-17(36-22)14-32(27(33)34)13-16-5-7-28-8-6-16/h3-10,12,17H,11,13-14H2,1-2H3,(H,33,34)/t17-/m0/s1. The van der Waals surface area contributed by atoms with Gasteiger partial charge in [-0.2, -0.15) is 0 Å². The second kappa shape index (κ2) is 9.29. The van der Waals surface area contributed by atoms with E-state index in [1.165, 1.54) is 4.90 Å². The van der Waals surface area contributed by atoms with Crippen LogP contribution in [0.3, 0.4) is 0 Å². The van der Waals surface area contributed by atoms with Crippen LogP contribution in [-0.2, 0) is 13.0 Å². The lowest BCUT2D eigenvalue weighted by molar-refractivity contribution is 0.113. The second-order valence-electron chi connectivity index (χ2n) is 8.96. The molecule has 37 heavy (non-hydrogen) atoms. The molecule has 0 spiro atoms. The molecule has 3 aromatic heterocycles. The highest BCUT2D eigenvalue weighted by Gasteiger charge is 2.29. The molecule has 4 heterocycles. The Morgan fingerprint density at radius 2 is 2.03 bits per heavy atom. The van der Waals surface area contributed by atoms with E-state index < -0.39 is 6.09 Å². The van der Waals surface area contributed by atoms with E-state index in [1.807, 2.05) is 37.3 Å². The SMILES string of the molecule is COc1cnc2c(-c3nc4ccc5c(c4s3)C[C@@H](CN(Cc3ccncc3)C(=O)O)O5)cc(C)cc2n1. The zero-order chi connectivity index (χ0) is 25.5. The molecular weight excluding hydrogens is 490 g/mol. The summed E-state index contributed by atoms with van der Waals surface area (Å²) in [6, 6.07) is 11.6.